The SMILES string of the molecule is COc1ccc2c(c1)CC(C)C1C2C(=O)CC2(C)C1CCC21OCCO1. The molecule has 5 atom stereocenters. The van der Waals surface area contributed by atoms with Gasteiger partial charge < -0.3 is 14.2 Å². The van der Waals surface area contributed by atoms with E-state index in [0.717, 1.165) is 25.0 Å². The zero-order valence-corrected chi connectivity index (χ0v) is 15.9. The smallest absolute Gasteiger partial charge is 0.174 e. The van der Waals surface area contributed by atoms with Gasteiger partial charge in [0.1, 0.15) is 11.5 Å². The average molecular weight is 356 g/mol. The van der Waals surface area contributed by atoms with Gasteiger partial charge in [0.15, 0.2) is 5.79 Å². The number of rotatable bonds is 1. The Morgan fingerprint density at radius 3 is 2.73 bits per heavy atom. The Bertz CT molecular complexity index is 751. The van der Waals surface area contributed by atoms with E-state index >= 15 is 0 Å². The maximum Gasteiger partial charge on any atom is 0.174 e. The van der Waals surface area contributed by atoms with Gasteiger partial charge >= 0.3 is 0 Å². The van der Waals surface area contributed by atoms with Crippen LogP contribution in [-0.4, -0.2) is 31.9 Å². The molecule has 0 amide bonds. The fraction of sp³-hybridized carbons (Fsp3) is 0.682. The van der Waals surface area contributed by atoms with Crippen LogP contribution in [-0.2, 0) is 20.7 Å². The van der Waals surface area contributed by atoms with Gasteiger partial charge in [0.05, 0.1) is 20.3 Å². The van der Waals surface area contributed by atoms with Crippen LogP contribution in [0.15, 0.2) is 18.2 Å². The Morgan fingerprint density at radius 1 is 1.23 bits per heavy atom. The van der Waals surface area contributed by atoms with Crippen molar-refractivity contribution in [3.63, 3.8) is 0 Å². The number of hydrogen-bond donors (Lipinski definition) is 0. The first-order chi connectivity index (χ1) is 12.5. The molecule has 5 unspecified atom stereocenters. The number of ketones is 1. The van der Waals surface area contributed by atoms with E-state index in [-0.39, 0.29) is 11.3 Å². The van der Waals surface area contributed by atoms with Gasteiger partial charge in [-0.2, -0.15) is 0 Å². The lowest BCUT2D eigenvalue weighted by molar-refractivity contribution is -0.235. The molecule has 26 heavy (non-hydrogen) atoms. The van der Waals surface area contributed by atoms with E-state index in [4.69, 9.17) is 14.2 Å². The number of methoxy groups -OCH3 is 1. The molecule has 0 aromatic heterocycles. The molecule has 1 heterocycles. The van der Waals surface area contributed by atoms with Gasteiger partial charge in [-0.05, 0) is 53.9 Å². The van der Waals surface area contributed by atoms with Crippen molar-refractivity contribution in [3.05, 3.63) is 29.3 Å². The molecular weight excluding hydrogens is 328 g/mol. The van der Waals surface area contributed by atoms with Gasteiger partial charge in [-0.1, -0.05) is 19.9 Å². The van der Waals surface area contributed by atoms with E-state index in [2.05, 4.69) is 26.0 Å². The first kappa shape index (κ1) is 16.8. The maximum atomic E-state index is 13.4. The zero-order chi connectivity index (χ0) is 18.1. The highest BCUT2D eigenvalue weighted by Crippen LogP contribution is 2.66. The average Bonchev–Trinajstić information content (AvgIpc) is 3.21. The van der Waals surface area contributed by atoms with E-state index in [1.165, 1.54) is 11.1 Å². The van der Waals surface area contributed by atoms with Crippen LogP contribution in [0, 0.1) is 23.2 Å². The minimum atomic E-state index is -0.530. The predicted molar refractivity (Wildman–Crippen MR) is 97.2 cm³/mol. The van der Waals surface area contributed by atoms with Gasteiger partial charge in [0, 0.05) is 24.2 Å². The van der Waals surface area contributed by atoms with Crippen molar-refractivity contribution in [1.29, 1.82) is 0 Å². The quantitative estimate of drug-likeness (QED) is 0.769. The standard InChI is InChI=1S/C22H28O4/c1-13-10-14-11-15(24-3)4-5-16(14)20-18(23)12-21(2)17(19(13)20)6-7-22(21)25-8-9-26-22/h4-5,11,13,17,19-20H,6-10,12H2,1-3H3. The molecule has 4 aliphatic rings. The number of fused-ring (bicyclic) bond motifs is 6. The van der Waals surface area contributed by atoms with Crippen molar-refractivity contribution in [1.82, 2.24) is 0 Å². The number of benzene rings is 1. The summed E-state index contributed by atoms with van der Waals surface area (Å²) in [5.41, 5.74) is 2.33. The third-order valence-corrected chi connectivity index (χ3v) is 7.85. The fourth-order valence-electron chi connectivity index (χ4n) is 6.74. The summed E-state index contributed by atoms with van der Waals surface area (Å²) in [5.74, 6) is 2.09. The van der Waals surface area contributed by atoms with E-state index < -0.39 is 5.79 Å². The molecule has 4 nitrogen and oxygen atoms in total. The van der Waals surface area contributed by atoms with E-state index in [0.29, 0.717) is 43.2 Å². The van der Waals surface area contributed by atoms with Crippen LogP contribution >= 0.6 is 0 Å². The molecule has 1 aliphatic heterocycles. The molecule has 1 aromatic rings. The fourth-order valence-corrected chi connectivity index (χ4v) is 6.74. The van der Waals surface area contributed by atoms with Gasteiger partial charge in [-0.25, -0.2) is 0 Å². The lowest BCUT2D eigenvalue weighted by Crippen LogP contribution is -2.55. The van der Waals surface area contributed by atoms with Crippen molar-refractivity contribution < 1.29 is 19.0 Å². The van der Waals surface area contributed by atoms with Crippen molar-refractivity contribution in [2.75, 3.05) is 20.3 Å². The molecule has 0 bridgehead atoms. The number of hydrogen-bond acceptors (Lipinski definition) is 4. The highest BCUT2D eigenvalue weighted by Gasteiger charge is 2.67. The van der Waals surface area contributed by atoms with Crippen molar-refractivity contribution in [3.8, 4) is 5.75 Å². The summed E-state index contributed by atoms with van der Waals surface area (Å²) in [6.07, 6.45) is 3.60. The highest BCUT2D eigenvalue weighted by molar-refractivity contribution is 5.89. The monoisotopic (exact) mass is 356 g/mol. The molecule has 1 spiro atoms. The second-order valence-electron chi connectivity index (χ2n) is 8.96. The largest absolute Gasteiger partial charge is 0.497 e. The van der Waals surface area contributed by atoms with Crippen LogP contribution in [0.1, 0.15) is 50.2 Å². The van der Waals surface area contributed by atoms with Crippen LogP contribution in [0.3, 0.4) is 0 Å². The zero-order valence-electron chi connectivity index (χ0n) is 15.9. The van der Waals surface area contributed by atoms with Gasteiger partial charge in [-0.15, -0.1) is 0 Å². The Labute approximate surface area is 155 Å². The first-order valence-corrected chi connectivity index (χ1v) is 9.96. The van der Waals surface area contributed by atoms with Gasteiger partial charge in [0.2, 0.25) is 0 Å². The topological polar surface area (TPSA) is 44.8 Å². The highest BCUT2D eigenvalue weighted by atomic mass is 16.7. The molecule has 0 radical (unpaired) electrons. The molecule has 4 heteroatoms. The Morgan fingerprint density at radius 2 is 2.00 bits per heavy atom. The molecule has 1 saturated heterocycles. The summed E-state index contributed by atoms with van der Waals surface area (Å²) < 4.78 is 17.7. The summed E-state index contributed by atoms with van der Waals surface area (Å²) in [7, 11) is 1.70. The number of carbonyl (C=O) groups excluding carboxylic acids is 1. The molecule has 140 valence electrons. The molecule has 1 aromatic carbocycles. The molecule has 3 fully saturated rings. The Balaban J connectivity index is 1.58. The molecule has 0 N–H and O–H groups in total. The van der Waals surface area contributed by atoms with E-state index in [1.54, 1.807) is 7.11 Å². The van der Waals surface area contributed by atoms with Gasteiger partial charge in [-0.3, -0.25) is 4.79 Å². The molecule has 5 rings (SSSR count). The van der Waals surface area contributed by atoms with Gasteiger partial charge in [0.25, 0.3) is 0 Å². The van der Waals surface area contributed by atoms with Crippen molar-refractivity contribution in [2.45, 2.75) is 51.2 Å². The third kappa shape index (κ3) is 2.00. The minimum Gasteiger partial charge on any atom is -0.497 e. The molecule has 3 aliphatic carbocycles. The third-order valence-electron chi connectivity index (χ3n) is 7.85. The van der Waals surface area contributed by atoms with Crippen LogP contribution in [0.25, 0.3) is 0 Å². The van der Waals surface area contributed by atoms with Crippen LogP contribution in [0.5, 0.6) is 5.75 Å². The van der Waals surface area contributed by atoms with Crippen molar-refractivity contribution in [2.24, 2.45) is 23.2 Å². The summed E-state index contributed by atoms with van der Waals surface area (Å²) in [6, 6.07) is 6.26. The first-order valence-electron chi connectivity index (χ1n) is 9.96. The lowest BCUT2D eigenvalue weighted by Gasteiger charge is -2.53. The van der Waals surface area contributed by atoms with Crippen LogP contribution in [0.4, 0.5) is 0 Å². The van der Waals surface area contributed by atoms with Crippen LogP contribution in [0.2, 0.25) is 0 Å². The molecule has 2 saturated carbocycles. The summed E-state index contributed by atoms with van der Waals surface area (Å²) in [5, 5.41) is 0. The summed E-state index contributed by atoms with van der Waals surface area (Å²) in [4.78, 5) is 13.4. The van der Waals surface area contributed by atoms with Crippen molar-refractivity contribution >= 4 is 5.78 Å². The Kier molecular flexibility index (Phi) is 3.58. The second-order valence-corrected chi connectivity index (χ2v) is 8.96. The van der Waals surface area contributed by atoms with E-state index in [9.17, 15) is 4.79 Å². The summed E-state index contributed by atoms with van der Waals surface area (Å²) in [6.45, 7) is 5.88. The normalized spacial score (nSPS) is 40.2. The minimum absolute atomic E-state index is 0.0225. The number of Topliss-reactive ketones (excluding diaryl/α,β-unsaturated/α-hetero) is 1. The lowest BCUT2D eigenvalue weighted by atomic mass is 9.52. The van der Waals surface area contributed by atoms with Crippen LogP contribution < -0.4 is 4.74 Å². The summed E-state index contributed by atoms with van der Waals surface area (Å²) >= 11 is 0. The number of ether oxygens (including phenoxy) is 3. The maximum absolute atomic E-state index is 13.4. The predicted octanol–water partition coefficient (Wildman–Crippen LogP) is 3.72. The second kappa shape index (κ2) is 5.56. The Hall–Kier alpha value is -1.39. The number of carbonyl (C=O) groups is 1. The molecular formula is C22H28O4. The van der Waals surface area contributed by atoms with E-state index in [1.807, 2.05) is 6.07 Å².